The Morgan fingerprint density at radius 1 is 1.05 bits per heavy atom. The van der Waals surface area contributed by atoms with E-state index in [1.807, 2.05) is 49.4 Å². The minimum absolute atomic E-state index is 0.686. The number of aromatic amines is 1. The quantitative estimate of drug-likeness (QED) is 0.761. The van der Waals surface area contributed by atoms with Gasteiger partial charge in [-0.05, 0) is 25.1 Å². The number of pyridine rings is 1. The van der Waals surface area contributed by atoms with Gasteiger partial charge >= 0.3 is 0 Å². The molecule has 1 N–H and O–H groups in total. The van der Waals surface area contributed by atoms with Crippen molar-refractivity contribution in [2.45, 2.75) is 6.92 Å². The molecule has 94 valence electrons. The Labute approximate surface area is 116 Å². The van der Waals surface area contributed by atoms with E-state index < -0.39 is 0 Å². The standard InChI is InChI=1S/C15H12ClN3/c1-10-14(13-8-4-5-9-17-13)15(19-18-10)11-6-2-3-7-12(11)16/h2-9H,1H3,(H,18,19). The van der Waals surface area contributed by atoms with Gasteiger partial charge in [-0.25, -0.2) is 0 Å². The van der Waals surface area contributed by atoms with Gasteiger partial charge in [0.1, 0.15) is 5.69 Å². The van der Waals surface area contributed by atoms with E-state index in [0.717, 1.165) is 28.2 Å². The van der Waals surface area contributed by atoms with E-state index in [4.69, 9.17) is 11.6 Å². The number of aryl methyl sites for hydroxylation is 1. The van der Waals surface area contributed by atoms with Crippen molar-refractivity contribution in [2.24, 2.45) is 0 Å². The van der Waals surface area contributed by atoms with Crippen LogP contribution in [0.15, 0.2) is 48.7 Å². The first-order valence-corrected chi connectivity index (χ1v) is 6.36. The van der Waals surface area contributed by atoms with Crippen LogP contribution in [0.4, 0.5) is 0 Å². The molecule has 19 heavy (non-hydrogen) atoms. The molecule has 0 atom stereocenters. The predicted octanol–water partition coefficient (Wildman–Crippen LogP) is 4.10. The topological polar surface area (TPSA) is 41.6 Å². The third kappa shape index (κ3) is 2.13. The van der Waals surface area contributed by atoms with E-state index >= 15 is 0 Å². The van der Waals surface area contributed by atoms with Crippen molar-refractivity contribution in [3.05, 3.63) is 59.4 Å². The van der Waals surface area contributed by atoms with Gasteiger partial charge in [-0.2, -0.15) is 5.10 Å². The molecule has 3 aromatic rings. The smallest absolute Gasteiger partial charge is 0.103 e. The molecule has 4 heteroatoms. The highest BCUT2D eigenvalue weighted by Gasteiger charge is 2.16. The first-order chi connectivity index (χ1) is 9.27. The third-order valence-electron chi connectivity index (χ3n) is 3.00. The second-order valence-corrected chi connectivity index (χ2v) is 4.67. The van der Waals surface area contributed by atoms with Gasteiger partial charge in [-0.3, -0.25) is 10.1 Å². The lowest BCUT2D eigenvalue weighted by Gasteiger charge is -2.05. The van der Waals surface area contributed by atoms with Crippen molar-refractivity contribution in [1.29, 1.82) is 0 Å². The van der Waals surface area contributed by atoms with Gasteiger partial charge in [-0.1, -0.05) is 35.9 Å². The van der Waals surface area contributed by atoms with Gasteiger partial charge in [-0.15, -0.1) is 0 Å². The fourth-order valence-electron chi connectivity index (χ4n) is 2.10. The molecule has 0 amide bonds. The lowest BCUT2D eigenvalue weighted by Crippen LogP contribution is -1.87. The summed E-state index contributed by atoms with van der Waals surface area (Å²) in [5, 5.41) is 8.07. The SMILES string of the molecule is Cc1[nH]nc(-c2ccccc2Cl)c1-c1ccccn1. The van der Waals surface area contributed by atoms with E-state index in [1.165, 1.54) is 0 Å². The van der Waals surface area contributed by atoms with Gasteiger partial charge < -0.3 is 0 Å². The van der Waals surface area contributed by atoms with Crippen LogP contribution >= 0.6 is 11.6 Å². The number of halogens is 1. The van der Waals surface area contributed by atoms with E-state index in [2.05, 4.69) is 15.2 Å². The van der Waals surface area contributed by atoms with Gasteiger partial charge in [0.2, 0.25) is 0 Å². The molecule has 0 unspecified atom stereocenters. The van der Waals surface area contributed by atoms with E-state index in [-0.39, 0.29) is 0 Å². The molecule has 0 spiro atoms. The maximum absolute atomic E-state index is 6.25. The minimum atomic E-state index is 0.686. The molecule has 2 aromatic heterocycles. The fourth-order valence-corrected chi connectivity index (χ4v) is 2.33. The summed E-state index contributed by atoms with van der Waals surface area (Å²) in [5.41, 5.74) is 4.61. The molecule has 0 saturated carbocycles. The monoisotopic (exact) mass is 269 g/mol. The molecule has 0 aliphatic heterocycles. The van der Waals surface area contributed by atoms with E-state index in [9.17, 15) is 0 Å². The normalized spacial score (nSPS) is 10.6. The number of rotatable bonds is 2. The Hall–Kier alpha value is -2.13. The zero-order chi connectivity index (χ0) is 13.2. The van der Waals surface area contributed by atoms with Crippen molar-refractivity contribution in [3.8, 4) is 22.5 Å². The average molecular weight is 270 g/mol. The van der Waals surface area contributed by atoms with Gasteiger partial charge in [0, 0.05) is 23.0 Å². The highest BCUT2D eigenvalue weighted by molar-refractivity contribution is 6.33. The summed E-state index contributed by atoms with van der Waals surface area (Å²) in [6.07, 6.45) is 1.78. The molecule has 3 nitrogen and oxygen atoms in total. The van der Waals surface area contributed by atoms with Crippen LogP contribution in [-0.2, 0) is 0 Å². The van der Waals surface area contributed by atoms with E-state index in [0.29, 0.717) is 5.02 Å². The van der Waals surface area contributed by atoms with E-state index in [1.54, 1.807) is 6.20 Å². The van der Waals surface area contributed by atoms with Crippen molar-refractivity contribution in [1.82, 2.24) is 15.2 Å². The van der Waals surface area contributed by atoms with Crippen LogP contribution in [0.1, 0.15) is 5.69 Å². The summed E-state index contributed by atoms with van der Waals surface area (Å²) in [6, 6.07) is 13.5. The van der Waals surface area contributed by atoms with Crippen molar-refractivity contribution < 1.29 is 0 Å². The van der Waals surface area contributed by atoms with Crippen LogP contribution in [0.2, 0.25) is 5.02 Å². The average Bonchev–Trinajstić information content (AvgIpc) is 2.82. The van der Waals surface area contributed by atoms with Crippen LogP contribution in [0, 0.1) is 6.92 Å². The maximum Gasteiger partial charge on any atom is 0.103 e. The first-order valence-electron chi connectivity index (χ1n) is 5.98. The molecule has 0 bridgehead atoms. The lowest BCUT2D eigenvalue weighted by molar-refractivity contribution is 1.05. The summed E-state index contributed by atoms with van der Waals surface area (Å²) in [7, 11) is 0. The van der Waals surface area contributed by atoms with Crippen LogP contribution in [-0.4, -0.2) is 15.2 Å². The molecular formula is C15H12ClN3. The molecule has 0 aliphatic rings. The summed E-state index contributed by atoms with van der Waals surface area (Å²) in [4.78, 5) is 4.39. The molecule has 0 saturated heterocycles. The number of H-pyrrole nitrogens is 1. The predicted molar refractivity (Wildman–Crippen MR) is 77.0 cm³/mol. The molecule has 0 fully saturated rings. The van der Waals surface area contributed by atoms with Crippen molar-refractivity contribution in [3.63, 3.8) is 0 Å². The minimum Gasteiger partial charge on any atom is -0.282 e. The van der Waals surface area contributed by atoms with Crippen LogP contribution in [0.3, 0.4) is 0 Å². The van der Waals surface area contributed by atoms with Gasteiger partial charge in [0.05, 0.1) is 10.7 Å². The first kappa shape index (κ1) is 11.9. The number of aromatic nitrogens is 3. The third-order valence-corrected chi connectivity index (χ3v) is 3.33. The Balaban J connectivity index is 2.23. The molecule has 1 aromatic carbocycles. The zero-order valence-corrected chi connectivity index (χ0v) is 11.1. The van der Waals surface area contributed by atoms with Crippen LogP contribution in [0.25, 0.3) is 22.5 Å². The number of hydrogen-bond acceptors (Lipinski definition) is 2. The summed E-state index contributed by atoms with van der Waals surface area (Å²) in [6.45, 7) is 1.98. The zero-order valence-electron chi connectivity index (χ0n) is 10.4. The molecule has 3 rings (SSSR count). The maximum atomic E-state index is 6.25. The molecule has 0 aliphatic carbocycles. The number of nitrogens with zero attached hydrogens (tertiary/aromatic N) is 2. The summed E-state index contributed by atoms with van der Waals surface area (Å²) in [5.74, 6) is 0. The number of hydrogen-bond donors (Lipinski definition) is 1. The molecule has 2 heterocycles. The Kier molecular flexibility index (Phi) is 3.05. The molecule has 0 radical (unpaired) electrons. The lowest BCUT2D eigenvalue weighted by atomic mass is 10.0. The number of benzene rings is 1. The van der Waals surface area contributed by atoms with Gasteiger partial charge in [0.25, 0.3) is 0 Å². The second-order valence-electron chi connectivity index (χ2n) is 4.27. The van der Waals surface area contributed by atoms with Crippen molar-refractivity contribution in [2.75, 3.05) is 0 Å². The largest absolute Gasteiger partial charge is 0.282 e. The van der Waals surface area contributed by atoms with Crippen LogP contribution < -0.4 is 0 Å². The highest BCUT2D eigenvalue weighted by Crippen LogP contribution is 2.35. The molecular weight excluding hydrogens is 258 g/mol. The fraction of sp³-hybridized carbons (Fsp3) is 0.0667. The second kappa shape index (κ2) is 4.86. The Morgan fingerprint density at radius 2 is 1.84 bits per heavy atom. The highest BCUT2D eigenvalue weighted by atomic mass is 35.5. The Bertz CT molecular complexity index is 704. The number of nitrogens with one attached hydrogen (secondary N) is 1. The van der Waals surface area contributed by atoms with Crippen LogP contribution in [0.5, 0.6) is 0 Å². The summed E-state index contributed by atoms with van der Waals surface area (Å²) < 4.78 is 0. The van der Waals surface area contributed by atoms with Crippen molar-refractivity contribution >= 4 is 11.6 Å². The van der Waals surface area contributed by atoms with Gasteiger partial charge in [0.15, 0.2) is 0 Å². The summed E-state index contributed by atoms with van der Waals surface area (Å²) >= 11 is 6.25. The Morgan fingerprint density at radius 3 is 2.58 bits per heavy atom.